The average molecular weight is 385 g/mol. The second-order valence-corrected chi connectivity index (χ2v) is 7.64. The molecule has 2 heterocycles. The number of ether oxygens (including phenoxy) is 2. The summed E-state index contributed by atoms with van der Waals surface area (Å²) in [6.07, 6.45) is 0.334. The number of H-pyrrole nitrogens is 1. The van der Waals surface area contributed by atoms with E-state index < -0.39 is 38.1 Å². The van der Waals surface area contributed by atoms with Crippen LogP contribution in [0.1, 0.15) is 32.1 Å². The molecule has 5 atom stereocenters. The van der Waals surface area contributed by atoms with Crippen LogP contribution in [0.5, 0.6) is 0 Å². The largest absolute Gasteiger partial charge is 0.374 e. The van der Waals surface area contributed by atoms with Crippen LogP contribution in [0.3, 0.4) is 0 Å². The highest BCUT2D eigenvalue weighted by Gasteiger charge is 2.46. The standard InChI is InChI=1S/C16H24N3O6P/c1-5-26(23-8-6-7-17)25-12-11(3)24-15(13(12)22-4)19-9-10(2)14(20)18-16(19)21/h9,11-13,15H,5-6,8H2,1-4H3,(H,18,20,21). The summed E-state index contributed by atoms with van der Waals surface area (Å²) in [6.45, 7) is 5.69. The number of nitrogens with one attached hydrogen (secondary N) is 1. The lowest BCUT2D eigenvalue weighted by molar-refractivity contribution is -0.0508. The molecule has 0 saturated carbocycles. The van der Waals surface area contributed by atoms with Crippen LogP contribution in [0.2, 0.25) is 0 Å². The van der Waals surface area contributed by atoms with Crippen LogP contribution in [0, 0.1) is 18.3 Å². The van der Waals surface area contributed by atoms with Gasteiger partial charge in [-0.25, -0.2) is 4.79 Å². The van der Waals surface area contributed by atoms with Gasteiger partial charge in [-0.1, -0.05) is 6.92 Å². The maximum atomic E-state index is 12.2. The zero-order valence-electron chi connectivity index (χ0n) is 15.3. The molecule has 1 aliphatic rings. The van der Waals surface area contributed by atoms with Gasteiger partial charge in [-0.05, 0) is 13.8 Å². The lowest BCUT2D eigenvalue weighted by Crippen LogP contribution is -2.39. The van der Waals surface area contributed by atoms with Gasteiger partial charge in [0.2, 0.25) is 0 Å². The van der Waals surface area contributed by atoms with Gasteiger partial charge in [-0.3, -0.25) is 14.3 Å². The summed E-state index contributed by atoms with van der Waals surface area (Å²) < 4.78 is 24.5. The Morgan fingerprint density at radius 2 is 2.15 bits per heavy atom. The molecule has 1 saturated heterocycles. The van der Waals surface area contributed by atoms with Crippen LogP contribution >= 0.6 is 8.38 Å². The fourth-order valence-corrected chi connectivity index (χ4v) is 3.97. The maximum absolute atomic E-state index is 12.2. The predicted octanol–water partition coefficient (Wildman–Crippen LogP) is 1.42. The van der Waals surface area contributed by atoms with Crippen molar-refractivity contribution in [1.29, 1.82) is 5.26 Å². The maximum Gasteiger partial charge on any atom is 0.330 e. The predicted molar refractivity (Wildman–Crippen MR) is 95.0 cm³/mol. The van der Waals surface area contributed by atoms with E-state index in [0.717, 1.165) is 0 Å². The van der Waals surface area contributed by atoms with Crippen LogP contribution in [0.4, 0.5) is 0 Å². The van der Waals surface area contributed by atoms with Gasteiger partial charge < -0.3 is 18.5 Å². The average Bonchev–Trinajstić information content (AvgIpc) is 2.92. The van der Waals surface area contributed by atoms with Crippen molar-refractivity contribution in [3.63, 3.8) is 0 Å². The summed E-state index contributed by atoms with van der Waals surface area (Å²) >= 11 is 0. The zero-order chi connectivity index (χ0) is 19.3. The molecule has 1 fully saturated rings. The summed E-state index contributed by atoms with van der Waals surface area (Å²) in [5.41, 5.74) is -0.598. The topological polar surface area (TPSA) is 116 Å². The Kier molecular flexibility index (Phi) is 7.50. The Bertz CT molecular complexity index is 758. The van der Waals surface area contributed by atoms with E-state index in [4.69, 9.17) is 23.8 Å². The second kappa shape index (κ2) is 9.40. The van der Waals surface area contributed by atoms with E-state index in [1.54, 1.807) is 6.92 Å². The van der Waals surface area contributed by atoms with Crippen molar-refractivity contribution in [1.82, 2.24) is 9.55 Å². The fourth-order valence-electron chi connectivity index (χ4n) is 2.72. The number of nitriles is 1. The van der Waals surface area contributed by atoms with E-state index in [1.807, 2.05) is 19.9 Å². The molecule has 0 bridgehead atoms. The summed E-state index contributed by atoms with van der Waals surface area (Å²) in [5, 5.41) is 8.63. The molecule has 9 nitrogen and oxygen atoms in total. The van der Waals surface area contributed by atoms with E-state index in [0.29, 0.717) is 24.8 Å². The van der Waals surface area contributed by atoms with Crippen LogP contribution in [0.25, 0.3) is 0 Å². The molecule has 1 aromatic rings. The third-order valence-corrected chi connectivity index (χ3v) is 5.53. The zero-order valence-corrected chi connectivity index (χ0v) is 16.2. The number of hydrogen-bond acceptors (Lipinski definition) is 7. The quantitative estimate of drug-likeness (QED) is 0.531. The minimum atomic E-state index is -1.20. The van der Waals surface area contributed by atoms with Crippen molar-refractivity contribution < 1.29 is 18.5 Å². The Balaban J connectivity index is 2.20. The van der Waals surface area contributed by atoms with E-state index in [2.05, 4.69) is 4.98 Å². The Hall–Kier alpha value is -1.56. The SMILES string of the molecule is CCP(OCCC#N)OC1C(C)OC(n2cc(C)c(=O)[nH]c2=O)C1OC. The Labute approximate surface area is 152 Å². The molecule has 1 aromatic heterocycles. The molecule has 10 heteroatoms. The van der Waals surface area contributed by atoms with E-state index in [-0.39, 0.29) is 6.10 Å². The number of aromatic amines is 1. The summed E-state index contributed by atoms with van der Waals surface area (Å²) in [5.74, 6) is 0. The molecular weight excluding hydrogens is 361 g/mol. The van der Waals surface area contributed by atoms with Gasteiger partial charge in [0.05, 0.1) is 25.2 Å². The first kappa shape index (κ1) is 20.7. The summed E-state index contributed by atoms with van der Waals surface area (Å²) in [6, 6.07) is 2.03. The smallest absolute Gasteiger partial charge is 0.330 e. The third-order valence-electron chi connectivity index (χ3n) is 4.06. The van der Waals surface area contributed by atoms with Crippen molar-refractivity contribution >= 4 is 8.38 Å². The molecule has 0 radical (unpaired) electrons. The molecule has 0 amide bonds. The number of hydrogen-bond donors (Lipinski definition) is 1. The number of methoxy groups -OCH3 is 1. The monoisotopic (exact) mass is 385 g/mol. The number of aromatic nitrogens is 2. The molecule has 0 aliphatic carbocycles. The Morgan fingerprint density at radius 1 is 1.42 bits per heavy atom. The molecule has 144 valence electrons. The number of rotatable bonds is 8. The highest BCUT2D eigenvalue weighted by atomic mass is 31.2. The van der Waals surface area contributed by atoms with E-state index in [9.17, 15) is 9.59 Å². The van der Waals surface area contributed by atoms with Crippen LogP contribution < -0.4 is 11.2 Å². The molecule has 1 aliphatic heterocycles. The number of aryl methyl sites for hydroxylation is 1. The van der Waals surface area contributed by atoms with Crippen LogP contribution in [-0.4, -0.2) is 47.7 Å². The highest BCUT2D eigenvalue weighted by Crippen LogP contribution is 2.44. The van der Waals surface area contributed by atoms with Crippen LogP contribution in [0.15, 0.2) is 15.8 Å². The molecular formula is C16H24N3O6P. The van der Waals surface area contributed by atoms with Crippen LogP contribution in [-0.2, 0) is 18.5 Å². The minimum absolute atomic E-state index is 0.293. The lowest BCUT2D eigenvalue weighted by atomic mass is 10.1. The third kappa shape index (κ3) is 4.58. The van der Waals surface area contributed by atoms with Gasteiger partial charge in [0, 0.05) is 25.0 Å². The minimum Gasteiger partial charge on any atom is -0.374 e. The Morgan fingerprint density at radius 3 is 2.77 bits per heavy atom. The molecule has 2 rings (SSSR count). The fraction of sp³-hybridized carbons (Fsp3) is 0.688. The first-order valence-electron chi connectivity index (χ1n) is 8.37. The summed E-state index contributed by atoms with van der Waals surface area (Å²) in [4.78, 5) is 26.0. The van der Waals surface area contributed by atoms with Gasteiger partial charge >= 0.3 is 5.69 Å². The first-order valence-corrected chi connectivity index (χ1v) is 9.73. The summed E-state index contributed by atoms with van der Waals surface area (Å²) in [7, 11) is 0.314. The number of nitrogens with zero attached hydrogens (tertiary/aromatic N) is 2. The second-order valence-electron chi connectivity index (χ2n) is 5.87. The molecule has 0 spiro atoms. The van der Waals surface area contributed by atoms with E-state index >= 15 is 0 Å². The van der Waals surface area contributed by atoms with Gasteiger partial charge in [-0.2, -0.15) is 5.26 Å². The lowest BCUT2D eigenvalue weighted by Gasteiger charge is -2.26. The van der Waals surface area contributed by atoms with Crippen molar-refractivity contribution in [3.05, 3.63) is 32.6 Å². The van der Waals surface area contributed by atoms with Crippen molar-refractivity contribution in [2.24, 2.45) is 0 Å². The van der Waals surface area contributed by atoms with Gasteiger partial charge in [0.1, 0.15) is 12.2 Å². The van der Waals surface area contributed by atoms with Gasteiger partial charge in [0.25, 0.3) is 5.56 Å². The van der Waals surface area contributed by atoms with Crippen molar-refractivity contribution in [2.45, 2.75) is 51.7 Å². The first-order chi connectivity index (χ1) is 12.4. The molecule has 26 heavy (non-hydrogen) atoms. The highest BCUT2D eigenvalue weighted by molar-refractivity contribution is 7.47. The van der Waals surface area contributed by atoms with E-state index in [1.165, 1.54) is 17.9 Å². The van der Waals surface area contributed by atoms with Gasteiger partial charge in [-0.15, -0.1) is 0 Å². The molecule has 5 unspecified atom stereocenters. The normalized spacial score (nSPS) is 26.6. The van der Waals surface area contributed by atoms with Gasteiger partial charge in [0.15, 0.2) is 14.6 Å². The molecule has 0 aromatic carbocycles. The molecule has 1 N–H and O–H groups in total. The van der Waals surface area contributed by atoms with Crippen molar-refractivity contribution in [3.8, 4) is 6.07 Å². The van der Waals surface area contributed by atoms with Crippen molar-refractivity contribution in [2.75, 3.05) is 19.9 Å².